The summed E-state index contributed by atoms with van der Waals surface area (Å²) in [6.45, 7) is 6.03. The quantitative estimate of drug-likeness (QED) is 0.586. The van der Waals surface area contributed by atoms with E-state index in [0.717, 1.165) is 11.3 Å². The van der Waals surface area contributed by atoms with Gasteiger partial charge in [-0.05, 0) is 48.9 Å². The summed E-state index contributed by atoms with van der Waals surface area (Å²) >= 11 is 7.62. The number of hydrogen-bond acceptors (Lipinski definition) is 4. The first kappa shape index (κ1) is 20.5. The molecule has 0 unspecified atom stereocenters. The molecule has 0 saturated carbocycles. The van der Waals surface area contributed by atoms with Crippen LogP contribution in [0.2, 0.25) is 5.02 Å². The molecule has 0 spiro atoms. The molecule has 1 heterocycles. The predicted octanol–water partition coefficient (Wildman–Crippen LogP) is 5.16. The second-order valence-corrected chi connectivity index (χ2v) is 8.30. The van der Waals surface area contributed by atoms with E-state index >= 15 is 0 Å². The van der Waals surface area contributed by atoms with Crippen molar-refractivity contribution in [1.29, 1.82) is 0 Å². The van der Waals surface area contributed by atoms with Crippen LogP contribution in [0.1, 0.15) is 31.9 Å². The van der Waals surface area contributed by atoms with E-state index in [0.29, 0.717) is 26.8 Å². The Hall–Kier alpha value is -2.24. The number of thioether (sulfide) groups is 1. The van der Waals surface area contributed by atoms with Crippen LogP contribution in [0.4, 0.5) is 0 Å². The zero-order chi connectivity index (χ0) is 20.3. The first-order valence-corrected chi connectivity index (χ1v) is 10.5. The topological polar surface area (TPSA) is 46.6 Å². The van der Waals surface area contributed by atoms with Gasteiger partial charge in [0.25, 0.3) is 11.8 Å². The number of halogens is 1. The number of benzene rings is 2. The van der Waals surface area contributed by atoms with Crippen molar-refractivity contribution in [3.05, 3.63) is 69.6 Å². The molecule has 0 aromatic heterocycles. The summed E-state index contributed by atoms with van der Waals surface area (Å²) < 4.78 is 5.67. The standard InChI is InChI=1S/C22H22ClNO3S/c1-4-28-20-19(15-9-11-17(12-10-15)27-14(2)3)21(25)24(22(20)26)13-16-7-5-6-8-18(16)23/h5-12,14H,4,13H2,1-3H3. The molecule has 2 amide bonds. The number of rotatable bonds is 7. The maximum atomic E-state index is 13.1. The first-order valence-electron chi connectivity index (χ1n) is 9.16. The molecule has 0 radical (unpaired) electrons. The molecule has 0 saturated heterocycles. The summed E-state index contributed by atoms with van der Waals surface area (Å²) in [5, 5.41) is 0.538. The maximum absolute atomic E-state index is 13.1. The van der Waals surface area contributed by atoms with Gasteiger partial charge in [0.1, 0.15) is 5.75 Å². The van der Waals surface area contributed by atoms with Crippen molar-refractivity contribution in [2.45, 2.75) is 33.4 Å². The molecule has 1 aliphatic rings. The second kappa shape index (κ2) is 8.84. The lowest BCUT2D eigenvalue weighted by atomic mass is 10.1. The highest BCUT2D eigenvalue weighted by Gasteiger charge is 2.39. The first-order chi connectivity index (χ1) is 13.4. The summed E-state index contributed by atoms with van der Waals surface area (Å²) in [4.78, 5) is 27.9. The minimum absolute atomic E-state index is 0.0667. The molecule has 2 aromatic carbocycles. The van der Waals surface area contributed by atoms with Gasteiger partial charge in [-0.15, -0.1) is 11.8 Å². The van der Waals surface area contributed by atoms with Crippen LogP contribution in [0.15, 0.2) is 53.4 Å². The number of carbonyl (C=O) groups is 2. The Balaban J connectivity index is 1.92. The fraction of sp³-hybridized carbons (Fsp3) is 0.273. The van der Waals surface area contributed by atoms with E-state index in [1.165, 1.54) is 16.7 Å². The van der Waals surface area contributed by atoms with Crippen molar-refractivity contribution >= 4 is 40.8 Å². The molecule has 146 valence electrons. The fourth-order valence-electron chi connectivity index (χ4n) is 3.00. The van der Waals surface area contributed by atoms with E-state index in [2.05, 4.69) is 0 Å². The third kappa shape index (κ3) is 4.26. The molecule has 0 bridgehead atoms. The second-order valence-electron chi connectivity index (χ2n) is 6.62. The molecule has 6 heteroatoms. The Bertz CT molecular complexity index is 922. The average molecular weight is 416 g/mol. The highest BCUT2D eigenvalue weighted by molar-refractivity contribution is 8.04. The van der Waals surface area contributed by atoms with Crippen LogP contribution >= 0.6 is 23.4 Å². The fourth-order valence-corrected chi connectivity index (χ4v) is 4.07. The number of ether oxygens (including phenoxy) is 1. The maximum Gasteiger partial charge on any atom is 0.268 e. The van der Waals surface area contributed by atoms with Gasteiger partial charge in [-0.25, -0.2) is 0 Å². The van der Waals surface area contributed by atoms with Crippen molar-refractivity contribution < 1.29 is 14.3 Å². The van der Waals surface area contributed by atoms with Crippen LogP contribution in [-0.2, 0) is 16.1 Å². The van der Waals surface area contributed by atoms with E-state index in [9.17, 15) is 9.59 Å². The predicted molar refractivity (Wildman–Crippen MR) is 114 cm³/mol. The normalized spacial score (nSPS) is 14.4. The molecule has 0 N–H and O–H groups in total. The Morgan fingerprint density at radius 2 is 1.71 bits per heavy atom. The number of nitrogens with zero attached hydrogens (tertiary/aromatic N) is 1. The van der Waals surface area contributed by atoms with E-state index in [4.69, 9.17) is 16.3 Å². The molecule has 0 atom stereocenters. The molecule has 3 rings (SSSR count). The van der Waals surface area contributed by atoms with Crippen molar-refractivity contribution in [2.24, 2.45) is 0 Å². The van der Waals surface area contributed by atoms with Gasteiger partial charge >= 0.3 is 0 Å². The van der Waals surface area contributed by atoms with E-state index in [1.54, 1.807) is 6.07 Å². The van der Waals surface area contributed by atoms with Crippen LogP contribution in [0, 0.1) is 0 Å². The zero-order valence-electron chi connectivity index (χ0n) is 16.1. The Kier molecular flexibility index (Phi) is 6.47. The number of imide groups is 1. The van der Waals surface area contributed by atoms with Crippen molar-refractivity contribution in [2.75, 3.05) is 5.75 Å². The summed E-state index contributed by atoms with van der Waals surface area (Å²) in [5.41, 5.74) is 1.90. The molecule has 0 fully saturated rings. The van der Waals surface area contributed by atoms with Crippen molar-refractivity contribution in [3.63, 3.8) is 0 Å². The minimum atomic E-state index is -0.293. The Labute approximate surface area is 174 Å². The molecule has 1 aliphatic heterocycles. The van der Waals surface area contributed by atoms with Gasteiger partial charge in [0.05, 0.1) is 23.1 Å². The van der Waals surface area contributed by atoms with Gasteiger partial charge < -0.3 is 4.74 Å². The largest absolute Gasteiger partial charge is 0.491 e. The molecule has 28 heavy (non-hydrogen) atoms. The lowest BCUT2D eigenvalue weighted by molar-refractivity contribution is -0.137. The Morgan fingerprint density at radius 3 is 2.32 bits per heavy atom. The van der Waals surface area contributed by atoms with Crippen molar-refractivity contribution in [3.8, 4) is 5.75 Å². The van der Waals surface area contributed by atoms with Crippen molar-refractivity contribution in [1.82, 2.24) is 4.90 Å². The monoisotopic (exact) mass is 415 g/mol. The highest BCUT2D eigenvalue weighted by Crippen LogP contribution is 2.37. The minimum Gasteiger partial charge on any atom is -0.491 e. The van der Waals surface area contributed by atoms with Gasteiger partial charge in [-0.2, -0.15) is 0 Å². The summed E-state index contributed by atoms with van der Waals surface area (Å²) in [6.07, 6.45) is 0.0667. The van der Waals surface area contributed by atoms with Crippen LogP contribution in [0.5, 0.6) is 5.75 Å². The number of hydrogen-bond donors (Lipinski definition) is 0. The molecule has 0 aliphatic carbocycles. The van der Waals surface area contributed by atoms with Crippen LogP contribution in [-0.4, -0.2) is 28.6 Å². The summed E-state index contributed by atoms with van der Waals surface area (Å²) in [7, 11) is 0. The van der Waals surface area contributed by atoms with Gasteiger partial charge in [-0.3, -0.25) is 14.5 Å². The highest BCUT2D eigenvalue weighted by atomic mass is 35.5. The van der Waals surface area contributed by atoms with E-state index < -0.39 is 0 Å². The number of carbonyl (C=O) groups excluding carboxylic acids is 2. The molecular formula is C22H22ClNO3S. The molecular weight excluding hydrogens is 394 g/mol. The van der Waals surface area contributed by atoms with Crippen LogP contribution < -0.4 is 4.74 Å². The lowest BCUT2D eigenvalue weighted by Crippen LogP contribution is -2.31. The average Bonchev–Trinajstić information content (AvgIpc) is 2.88. The van der Waals surface area contributed by atoms with Gasteiger partial charge in [0.15, 0.2) is 0 Å². The SMILES string of the molecule is CCSC1=C(c2ccc(OC(C)C)cc2)C(=O)N(Cc2ccccc2Cl)C1=O. The van der Waals surface area contributed by atoms with Gasteiger partial charge in [0, 0.05) is 5.02 Å². The van der Waals surface area contributed by atoms with Crippen LogP contribution in [0.3, 0.4) is 0 Å². The van der Waals surface area contributed by atoms with Crippen LogP contribution in [0.25, 0.3) is 5.57 Å². The third-order valence-corrected chi connectivity index (χ3v) is 5.54. The summed E-state index contributed by atoms with van der Waals surface area (Å²) in [6, 6.07) is 14.5. The lowest BCUT2D eigenvalue weighted by Gasteiger charge is -2.16. The smallest absolute Gasteiger partial charge is 0.268 e. The van der Waals surface area contributed by atoms with Gasteiger partial charge in [-0.1, -0.05) is 48.9 Å². The zero-order valence-corrected chi connectivity index (χ0v) is 17.6. The molecule has 4 nitrogen and oxygen atoms in total. The number of amides is 2. The Morgan fingerprint density at radius 1 is 1.04 bits per heavy atom. The van der Waals surface area contributed by atoms with Gasteiger partial charge in [0.2, 0.25) is 0 Å². The molecule has 2 aromatic rings. The summed E-state index contributed by atoms with van der Waals surface area (Å²) in [5.74, 6) is 0.869. The van der Waals surface area contributed by atoms with E-state index in [-0.39, 0.29) is 24.5 Å². The van der Waals surface area contributed by atoms with E-state index in [1.807, 2.05) is 63.2 Å². The third-order valence-electron chi connectivity index (χ3n) is 4.22.